The van der Waals surface area contributed by atoms with Crippen LogP contribution in [-0.4, -0.2) is 68.3 Å². The van der Waals surface area contributed by atoms with E-state index in [0.29, 0.717) is 49.5 Å². The van der Waals surface area contributed by atoms with Gasteiger partial charge in [0.05, 0.1) is 17.9 Å². The molecule has 3 rings (SSSR count). The predicted molar refractivity (Wildman–Crippen MR) is 127 cm³/mol. The van der Waals surface area contributed by atoms with E-state index in [0.717, 1.165) is 5.69 Å². The predicted octanol–water partition coefficient (Wildman–Crippen LogP) is 2.73. The van der Waals surface area contributed by atoms with Gasteiger partial charge in [0, 0.05) is 51.7 Å². The minimum atomic E-state index is -3.47. The van der Waals surface area contributed by atoms with Crippen molar-refractivity contribution < 1.29 is 17.6 Å². The zero-order valence-electron chi connectivity index (χ0n) is 19.4. The van der Waals surface area contributed by atoms with Crippen molar-refractivity contribution in [3.05, 3.63) is 53.6 Å². The number of piperazine rings is 1. The van der Waals surface area contributed by atoms with Gasteiger partial charge >= 0.3 is 6.03 Å². The van der Waals surface area contributed by atoms with Gasteiger partial charge in [-0.1, -0.05) is 6.92 Å². The Bertz CT molecular complexity index is 1070. The number of aromatic nitrogens is 1. The maximum Gasteiger partial charge on any atom is 0.319 e. The van der Waals surface area contributed by atoms with Gasteiger partial charge in [0.2, 0.25) is 0 Å². The smallest absolute Gasteiger partial charge is 0.319 e. The number of halogens is 1. The van der Waals surface area contributed by atoms with Crippen molar-refractivity contribution in [1.29, 1.82) is 0 Å². The van der Waals surface area contributed by atoms with E-state index >= 15 is 0 Å². The molecule has 1 unspecified atom stereocenters. The van der Waals surface area contributed by atoms with E-state index in [1.54, 1.807) is 18.3 Å². The summed E-state index contributed by atoms with van der Waals surface area (Å²) in [5, 5.41) is 5.63. The third kappa shape index (κ3) is 6.18. The minimum Gasteiger partial charge on any atom is -0.369 e. The number of anilines is 2. The number of carbonyl (C=O) groups is 1. The Morgan fingerprint density at radius 3 is 2.45 bits per heavy atom. The number of amides is 2. The van der Waals surface area contributed by atoms with Gasteiger partial charge < -0.3 is 15.5 Å². The Kier molecular flexibility index (Phi) is 7.88. The molecule has 1 aromatic carbocycles. The average molecular weight is 479 g/mol. The number of hydrogen-bond acceptors (Lipinski definition) is 5. The van der Waals surface area contributed by atoms with Crippen molar-refractivity contribution in [2.75, 3.05) is 50.5 Å². The molecule has 1 aliphatic rings. The van der Waals surface area contributed by atoms with Crippen molar-refractivity contribution in [1.82, 2.24) is 18.9 Å². The summed E-state index contributed by atoms with van der Waals surface area (Å²) in [6, 6.07) is 7.46. The topological polar surface area (TPSA) is 97.9 Å². The fourth-order valence-electron chi connectivity index (χ4n) is 3.68. The normalized spacial score (nSPS) is 16.0. The van der Waals surface area contributed by atoms with E-state index in [1.807, 2.05) is 24.8 Å². The molecule has 11 heteroatoms. The van der Waals surface area contributed by atoms with E-state index < -0.39 is 28.1 Å². The molecule has 1 fully saturated rings. The van der Waals surface area contributed by atoms with Crippen LogP contribution in [0.2, 0.25) is 0 Å². The highest BCUT2D eigenvalue weighted by molar-refractivity contribution is 7.86. The molecule has 2 N–H and O–H groups in total. The highest BCUT2D eigenvalue weighted by Gasteiger charge is 2.29. The number of aryl methyl sites for hydroxylation is 1. The molecule has 0 bridgehead atoms. The molecular formula is C22H31FN6O3S. The maximum absolute atomic E-state index is 14.5. The minimum absolute atomic E-state index is 0.314. The number of carbonyl (C=O) groups excluding carboxylic acids is 1. The highest BCUT2D eigenvalue weighted by atomic mass is 32.2. The lowest BCUT2D eigenvalue weighted by atomic mass is 10.0. The molecule has 2 heterocycles. The van der Waals surface area contributed by atoms with Crippen molar-refractivity contribution in [3.8, 4) is 0 Å². The van der Waals surface area contributed by atoms with Crippen molar-refractivity contribution in [2.45, 2.75) is 26.3 Å². The third-order valence-corrected chi connectivity index (χ3v) is 7.52. The summed E-state index contributed by atoms with van der Waals surface area (Å²) in [5.41, 5.74) is 2.72. The molecule has 0 spiro atoms. The van der Waals surface area contributed by atoms with Crippen molar-refractivity contribution in [2.24, 2.45) is 0 Å². The van der Waals surface area contributed by atoms with Crippen LogP contribution in [0.15, 0.2) is 36.5 Å². The molecular weight excluding hydrogens is 447 g/mol. The summed E-state index contributed by atoms with van der Waals surface area (Å²) in [6.45, 7) is 5.29. The SMILES string of the molecule is CCC(NC(=O)Nc1ccc(C)nc1)c1cc(F)cc(N2CCN(S(=O)(=O)N(C)C)CC2)c1. The number of rotatable bonds is 7. The lowest BCUT2D eigenvalue weighted by molar-refractivity contribution is 0.248. The molecule has 180 valence electrons. The van der Waals surface area contributed by atoms with Gasteiger partial charge in [0.1, 0.15) is 5.82 Å². The molecule has 0 saturated carbocycles. The summed E-state index contributed by atoms with van der Waals surface area (Å²) >= 11 is 0. The molecule has 1 atom stereocenters. The van der Waals surface area contributed by atoms with E-state index in [-0.39, 0.29) is 0 Å². The van der Waals surface area contributed by atoms with Gasteiger partial charge in [-0.05, 0) is 49.2 Å². The van der Waals surface area contributed by atoms with Crippen LogP contribution in [0.3, 0.4) is 0 Å². The lowest BCUT2D eigenvalue weighted by Crippen LogP contribution is -2.51. The largest absolute Gasteiger partial charge is 0.369 e. The number of benzene rings is 1. The van der Waals surface area contributed by atoms with Crippen LogP contribution in [-0.2, 0) is 10.2 Å². The number of nitrogens with zero attached hydrogens (tertiary/aromatic N) is 4. The molecule has 1 saturated heterocycles. The van der Waals surface area contributed by atoms with Crippen LogP contribution in [0, 0.1) is 12.7 Å². The summed E-state index contributed by atoms with van der Waals surface area (Å²) in [5.74, 6) is -0.408. The van der Waals surface area contributed by atoms with Crippen LogP contribution < -0.4 is 15.5 Å². The highest BCUT2D eigenvalue weighted by Crippen LogP contribution is 2.26. The fourth-order valence-corrected chi connectivity index (χ4v) is 4.76. The van der Waals surface area contributed by atoms with E-state index in [2.05, 4.69) is 15.6 Å². The van der Waals surface area contributed by atoms with E-state index in [1.165, 1.54) is 34.8 Å². The Morgan fingerprint density at radius 1 is 1.18 bits per heavy atom. The molecule has 33 heavy (non-hydrogen) atoms. The summed E-state index contributed by atoms with van der Waals surface area (Å²) < 4.78 is 41.8. The third-order valence-electron chi connectivity index (χ3n) is 5.58. The second-order valence-electron chi connectivity index (χ2n) is 8.17. The quantitative estimate of drug-likeness (QED) is 0.638. The van der Waals surface area contributed by atoms with Crippen LogP contribution in [0.25, 0.3) is 0 Å². The van der Waals surface area contributed by atoms with Gasteiger partial charge in [0.25, 0.3) is 10.2 Å². The van der Waals surface area contributed by atoms with Gasteiger partial charge in [-0.25, -0.2) is 9.18 Å². The van der Waals surface area contributed by atoms with E-state index in [4.69, 9.17) is 0 Å². The zero-order chi connectivity index (χ0) is 24.2. The first-order valence-corrected chi connectivity index (χ1v) is 12.2. The zero-order valence-corrected chi connectivity index (χ0v) is 20.2. The Hall–Kier alpha value is -2.76. The van der Waals surface area contributed by atoms with Gasteiger partial charge in [0.15, 0.2) is 0 Å². The van der Waals surface area contributed by atoms with Crippen LogP contribution in [0.4, 0.5) is 20.6 Å². The second-order valence-corrected chi connectivity index (χ2v) is 10.3. The Morgan fingerprint density at radius 2 is 1.88 bits per heavy atom. The fraction of sp³-hybridized carbons (Fsp3) is 0.455. The monoisotopic (exact) mass is 478 g/mol. The standard InChI is InChI=1S/C22H31FN6O3S/c1-5-21(26-22(30)25-19-7-6-16(2)24-15-19)17-12-18(23)14-20(13-17)28-8-10-29(11-9-28)33(31,32)27(3)4/h6-7,12-15,21H,5,8-11H2,1-4H3,(H2,25,26,30). The molecule has 1 aliphatic heterocycles. The van der Waals surface area contributed by atoms with Gasteiger partial charge in [-0.3, -0.25) is 4.98 Å². The molecule has 9 nitrogen and oxygen atoms in total. The average Bonchev–Trinajstić information content (AvgIpc) is 2.78. The molecule has 2 aromatic rings. The summed E-state index contributed by atoms with van der Waals surface area (Å²) in [7, 11) is -0.466. The van der Waals surface area contributed by atoms with Crippen LogP contribution >= 0.6 is 0 Å². The molecule has 1 aromatic heterocycles. The number of pyridine rings is 1. The lowest BCUT2D eigenvalue weighted by Gasteiger charge is -2.36. The van der Waals surface area contributed by atoms with Crippen LogP contribution in [0.1, 0.15) is 30.6 Å². The molecule has 0 radical (unpaired) electrons. The summed E-state index contributed by atoms with van der Waals surface area (Å²) in [4.78, 5) is 18.6. The van der Waals surface area contributed by atoms with Crippen LogP contribution in [0.5, 0.6) is 0 Å². The van der Waals surface area contributed by atoms with Gasteiger partial charge in [-0.15, -0.1) is 0 Å². The Balaban J connectivity index is 1.69. The molecule has 0 aliphatic carbocycles. The first-order valence-electron chi connectivity index (χ1n) is 10.8. The second kappa shape index (κ2) is 10.4. The first kappa shape index (κ1) is 24.9. The van der Waals surface area contributed by atoms with Gasteiger partial charge in [-0.2, -0.15) is 17.0 Å². The maximum atomic E-state index is 14.5. The first-order chi connectivity index (χ1) is 15.6. The number of urea groups is 1. The Labute approximate surface area is 194 Å². The summed E-state index contributed by atoms with van der Waals surface area (Å²) in [6.07, 6.45) is 2.14. The van der Waals surface area contributed by atoms with Crippen molar-refractivity contribution >= 4 is 27.6 Å². The van der Waals surface area contributed by atoms with Crippen molar-refractivity contribution in [3.63, 3.8) is 0 Å². The van der Waals surface area contributed by atoms with E-state index in [9.17, 15) is 17.6 Å². The number of hydrogen-bond donors (Lipinski definition) is 2. The molecule has 2 amide bonds. The number of nitrogens with one attached hydrogen (secondary N) is 2.